The van der Waals surface area contributed by atoms with Gasteiger partial charge in [-0.3, -0.25) is 0 Å². The van der Waals surface area contributed by atoms with Crippen molar-refractivity contribution in [2.75, 3.05) is 0 Å². The Labute approximate surface area is 301 Å². The van der Waals surface area contributed by atoms with Gasteiger partial charge in [-0.15, -0.1) is 71.8 Å². The van der Waals surface area contributed by atoms with E-state index in [1.54, 1.807) is 12.4 Å². The molecule has 47 heavy (non-hydrogen) atoms. The van der Waals surface area contributed by atoms with Crippen LogP contribution >= 0.6 is 0 Å². The summed E-state index contributed by atoms with van der Waals surface area (Å²) in [7, 11) is 0. The fourth-order valence-corrected chi connectivity index (χ4v) is 5.11. The normalized spacial score (nSPS) is 10.9. The van der Waals surface area contributed by atoms with Crippen molar-refractivity contribution in [1.82, 2.24) is 24.5 Å². The number of nitrogens with zero attached hydrogens (tertiary/aromatic N) is 5. The quantitative estimate of drug-likeness (QED) is 0.149. The molecule has 230 valence electrons. The summed E-state index contributed by atoms with van der Waals surface area (Å²) >= 11 is 0. The van der Waals surface area contributed by atoms with E-state index in [-0.39, 0.29) is 48.2 Å². The van der Waals surface area contributed by atoms with E-state index in [0.717, 1.165) is 33.3 Å². The van der Waals surface area contributed by atoms with Crippen LogP contribution in [0.15, 0.2) is 128 Å². The smallest absolute Gasteiger partial charge is 0.503 e. The number of aromatic nitrogens is 5. The monoisotopic (exact) mass is 970 g/mol. The van der Waals surface area contributed by atoms with Crippen LogP contribution in [0.1, 0.15) is 1.37 Å². The Hall–Kier alpha value is -4.96. The van der Waals surface area contributed by atoms with Crippen molar-refractivity contribution in [3.63, 3.8) is 0 Å². The minimum Gasteiger partial charge on any atom is -0.503 e. The zero-order valence-corrected chi connectivity index (χ0v) is 28.8. The van der Waals surface area contributed by atoms with Gasteiger partial charge in [-0.25, -0.2) is 9.97 Å². The Morgan fingerprint density at radius 1 is 0.489 bits per heavy atom. The summed E-state index contributed by atoms with van der Waals surface area (Å²) in [6.45, 7) is 0. The molecule has 7 nitrogen and oxygen atoms in total. The Bertz CT molecular complexity index is 2190. The predicted molar refractivity (Wildman–Crippen MR) is 171 cm³/mol. The van der Waals surface area contributed by atoms with Gasteiger partial charge < -0.3 is 24.0 Å². The second kappa shape index (κ2) is 14.2. The Morgan fingerprint density at radius 2 is 0.979 bits per heavy atom. The number of fused-ring (bicyclic) bond motifs is 3. The van der Waals surface area contributed by atoms with Gasteiger partial charge in [0.1, 0.15) is 0 Å². The number of ether oxygens (including phenoxy) is 2. The van der Waals surface area contributed by atoms with E-state index in [1.807, 2.05) is 102 Å². The molecule has 0 radical (unpaired) electrons. The standard InChI is InChI=1S/C38H21N5O2.2Pt/c1-3-18-39-34(12-1)26-8-5-10-28(22-26)44-30-14-16-32-33-17-15-31(25-37(33)43(36(32)24-30)38-41-20-7-21-42-38)45-29-11-6-9-27(23-29)35-13-2-4-19-40-35;;/h1-21H;;/q-4;2*+2/i7D;;. The molecule has 0 spiro atoms. The molecule has 9 heteroatoms. The van der Waals surface area contributed by atoms with Crippen LogP contribution in [0.5, 0.6) is 23.0 Å². The third-order valence-corrected chi connectivity index (χ3v) is 7.10. The molecule has 0 aliphatic carbocycles. The van der Waals surface area contributed by atoms with Gasteiger partial charge in [-0.05, 0) is 29.6 Å². The summed E-state index contributed by atoms with van der Waals surface area (Å²) in [4.78, 5) is 17.8. The minimum atomic E-state index is 0. The van der Waals surface area contributed by atoms with Gasteiger partial charge in [-0.2, -0.15) is 22.9 Å². The molecule has 0 saturated heterocycles. The molecule has 0 saturated carbocycles. The fourth-order valence-electron chi connectivity index (χ4n) is 5.11. The van der Waals surface area contributed by atoms with Crippen LogP contribution in [0.2, 0.25) is 0 Å². The maximum Gasteiger partial charge on any atom is 2.00 e. The third kappa shape index (κ3) is 6.64. The van der Waals surface area contributed by atoms with Crippen molar-refractivity contribution >= 4 is 21.8 Å². The molecule has 0 atom stereocenters. The maximum absolute atomic E-state index is 7.91. The Kier molecular flexibility index (Phi) is 9.28. The first-order valence-corrected chi connectivity index (χ1v) is 14.1. The van der Waals surface area contributed by atoms with Gasteiger partial charge in [0, 0.05) is 47.8 Å². The van der Waals surface area contributed by atoms with Gasteiger partial charge in [0.05, 0.1) is 1.37 Å². The van der Waals surface area contributed by atoms with E-state index < -0.39 is 0 Å². The van der Waals surface area contributed by atoms with Crippen molar-refractivity contribution in [2.24, 2.45) is 0 Å². The van der Waals surface area contributed by atoms with Gasteiger partial charge in [0.15, 0.2) is 0 Å². The van der Waals surface area contributed by atoms with E-state index >= 15 is 0 Å². The SMILES string of the molecule is [2H]c1cnc(-n2c3[c-]c(Oc4[c-]c(-c5ccccn5)ccc4)ccc3c3ccc(Oc4[c-]c(-c5ccccn5)ccc4)[c-]c32)nc1.[Pt+2].[Pt+2]. The fraction of sp³-hybridized carbons (Fsp3) is 0. The molecular weight excluding hydrogens is 949 g/mol. The number of benzene rings is 4. The summed E-state index contributed by atoms with van der Waals surface area (Å²) in [5.41, 5.74) is 4.62. The van der Waals surface area contributed by atoms with Crippen LogP contribution in [0, 0.1) is 24.3 Å². The van der Waals surface area contributed by atoms with E-state index in [0.29, 0.717) is 40.0 Å². The third-order valence-electron chi connectivity index (χ3n) is 7.10. The molecule has 0 N–H and O–H groups in total. The first-order chi connectivity index (χ1) is 22.7. The second-order valence-corrected chi connectivity index (χ2v) is 9.98. The van der Waals surface area contributed by atoms with Crippen LogP contribution < -0.4 is 9.47 Å². The van der Waals surface area contributed by atoms with E-state index in [1.165, 1.54) is 12.4 Å². The molecule has 0 amide bonds. The molecule has 8 aromatic rings. The van der Waals surface area contributed by atoms with Crippen LogP contribution in [-0.2, 0) is 42.1 Å². The summed E-state index contributed by atoms with van der Waals surface area (Å²) in [6, 6.07) is 44.1. The van der Waals surface area contributed by atoms with Gasteiger partial charge in [-0.1, -0.05) is 47.4 Å². The van der Waals surface area contributed by atoms with Crippen molar-refractivity contribution in [1.29, 1.82) is 0 Å². The van der Waals surface area contributed by atoms with E-state index in [2.05, 4.69) is 44.2 Å². The van der Waals surface area contributed by atoms with Crippen LogP contribution in [-0.4, -0.2) is 24.5 Å². The first-order valence-electron chi connectivity index (χ1n) is 14.6. The molecule has 8 rings (SSSR count). The average molecular weight is 971 g/mol. The van der Waals surface area contributed by atoms with Crippen molar-refractivity contribution in [3.8, 4) is 51.5 Å². The van der Waals surface area contributed by atoms with Gasteiger partial charge in [0.25, 0.3) is 0 Å². The summed E-state index contributed by atoms with van der Waals surface area (Å²) in [6.07, 6.45) is 6.41. The van der Waals surface area contributed by atoms with Gasteiger partial charge >= 0.3 is 42.1 Å². The summed E-state index contributed by atoms with van der Waals surface area (Å²) in [5, 5.41) is 1.80. The van der Waals surface area contributed by atoms with Crippen LogP contribution in [0.3, 0.4) is 0 Å². The van der Waals surface area contributed by atoms with E-state index in [9.17, 15) is 0 Å². The van der Waals surface area contributed by atoms with Crippen molar-refractivity contribution < 1.29 is 53.0 Å². The topological polar surface area (TPSA) is 75.0 Å². The van der Waals surface area contributed by atoms with Gasteiger partial charge in [0.2, 0.25) is 5.95 Å². The summed E-state index contributed by atoms with van der Waals surface area (Å²) < 4.78 is 22.2. The van der Waals surface area contributed by atoms with Crippen molar-refractivity contribution in [2.45, 2.75) is 0 Å². The molecular formula is C38H21N5O2Pt2. The number of rotatable bonds is 7. The average Bonchev–Trinajstić information content (AvgIpc) is 3.42. The van der Waals surface area contributed by atoms with E-state index in [4.69, 9.17) is 10.8 Å². The van der Waals surface area contributed by atoms with Crippen LogP contribution in [0.25, 0.3) is 50.3 Å². The number of pyridine rings is 2. The Balaban J connectivity index is 0.00000201. The molecule has 0 aliphatic rings. The molecule has 4 aromatic carbocycles. The largest absolute Gasteiger partial charge is 2.00 e. The molecule has 4 aromatic heterocycles. The molecule has 0 aliphatic heterocycles. The van der Waals surface area contributed by atoms with Crippen molar-refractivity contribution in [3.05, 3.63) is 152 Å². The first kappa shape index (κ1) is 30.7. The molecule has 0 unspecified atom stereocenters. The second-order valence-electron chi connectivity index (χ2n) is 9.98. The maximum atomic E-state index is 7.91. The Morgan fingerprint density at radius 3 is 1.45 bits per heavy atom. The minimum absolute atomic E-state index is 0. The zero-order valence-electron chi connectivity index (χ0n) is 25.2. The van der Waals surface area contributed by atoms with Crippen LogP contribution in [0.4, 0.5) is 0 Å². The molecule has 0 bridgehead atoms. The molecule has 4 heterocycles. The molecule has 0 fully saturated rings. The predicted octanol–water partition coefficient (Wildman–Crippen LogP) is 8.48. The number of hydrogen-bond donors (Lipinski definition) is 0. The number of hydrogen-bond acceptors (Lipinski definition) is 6. The summed E-state index contributed by atoms with van der Waals surface area (Å²) in [5.74, 6) is 2.40. The zero-order chi connectivity index (χ0) is 30.9.